The molecule has 3 N–H and O–H groups in total. The molecule has 0 bridgehead atoms. The second kappa shape index (κ2) is 10.8. The summed E-state index contributed by atoms with van der Waals surface area (Å²) in [5.74, 6) is 0.363. The lowest BCUT2D eigenvalue weighted by molar-refractivity contribution is 0.102. The maximum atomic E-state index is 13.2. The Morgan fingerprint density at radius 3 is 2.61 bits per heavy atom. The van der Waals surface area contributed by atoms with Gasteiger partial charge in [0.2, 0.25) is 0 Å². The Morgan fingerprint density at radius 2 is 1.87 bits per heavy atom. The van der Waals surface area contributed by atoms with Gasteiger partial charge in [-0.1, -0.05) is 48.4 Å². The molecule has 1 saturated carbocycles. The minimum atomic E-state index is -0.338. The second-order valence-electron chi connectivity index (χ2n) is 9.53. The number of ether oxygens (including phenoxy) is 1. The smallest absolute Gasteiger partial charge is 0.342 e. The Balaban J connectivity index is 1.41. The molecule has 5 rings (SSSR count). The highest BCUT2D eigenvalue weighted by Gasteiger charge is 2.27. The van der Waals surface area contributed by atoms with Gasteiger partial charge < -0.3 is 20.5 Å². The Bertz CT molecular complexity index is 1490. The van der Waals surface area contributed by atoms with Crippen LogP contribution in [0.1, 0.15) is 52.4 Å². The van der Waals surface area contributed by atoms with Crippen molar-refractivity contribution in [2.45, 2.75) is 38.6 Å². The van der Waals surface area contributed by atoms with E-state index in [0.717, 1.165) is 36.1 Å². The maximum Gasteiger partial charge on any atom is 0.342 e. The van der Waals surface area contributed by atoms with E-state index in [1.54, 1.807) is 36.4 Å². The third-order valence-electron chi connectivity index (χ3n) is 6.86. The fourth-order valence-corrected chi connectivity index (χ4v) is 4.61. The quantitative estimate of drug-likeness (QED) is 0.271. The van der Waals surface area contributed by atoms with Gasteiger partial charge >= 0.3 is 6.03 Å². The van der Waals surface area contributed by atoms with Gasteiger partial charge in [0.1, 0.15) is 11.5 Å². The second-order valence-corrected chi connectivity index (χ2v) is 9.53. The predicted octanol–water partition coefficient (Wildman–Crippen LogP) is 5.85. The van der Waals surface area contributed by atoms with E-state index >= 15 is 0 Å². The monoisotopic (exact) mass is 510 g/mol. The van der Waals surface area contributed by atoms with Crippen molar-refractivity contribution in [2.24, 2.45) is 0 Å². The van der Waals surface area contributed by atoms with Crippen molar-refractivity contribution in [3.8, 4) is 22.8 Å². The number of rotatable bonds is 7. The number of hydrogen-bond donors (Lipinski definition) is 3. The van der Waals surface area contributed by atoms with Gasteiger partial charge in [-0.2, -0.15) is 9.78 Å². The van der Waals surface area contributed by atoms with Crippen molar-refractivity contribution in [2.75, 3.05) is 12.4 Å². The first kappa shape index (κ1) is 25.1. The summed E-state index contributed by atoms with van der Waals surface area (Å²) >= 11 is 0. The van der Waals surface area contributed by atoms with Crippen molar-refractivity contribution >= 4 is 17.6 Å². The van der Waals surface area contributed by atoms with Gasteiger partial charge in [-0.25, -0.2) is 4.79 Å². The highest BCUT2D eigenvalue weighted by atomic mass is 16.5. The molecule has 1 aliphatic carbocycles. The van der Waals surface area contributed by atoms with E-state index in [2.05, 4.69) is 15.7 Å². The lowest BCUT2D eigenvalue weighted by atomic mass is 9.82. The third kappa shape index (κ3) is 5.25. The van der Waals surface area contributed by atoms with Crippen LogP contribution in [-0.4, -0.2) is 33.9 Å². The van der Waals surface area contributed by atoms with E-state index in [0.29, 0.717) is 34.8 Å². The molecule has 1 fully saturated rings. The normalized spacial score (nSPS) is 13.0. The first-order valence-corrected chi connectivity index (χ1v) is 12.6. The number of phenols is 1. The van der Waals surface area contributed by atoms with Crippen molar-refractivity contribution in [1.29, 1.82) is 0 Å². The molecule has 0 unspecified atom stereocenters. The number of nitrogens with one attached hydrogen (secondary N) is 2. The van der Waals surface area contributed by atoms with Crippen molar-refractivity contribution in [1.82, 2.24) is 15.1 Å². The number of nitrogens with zero attached hydrogens (tertiary/aromatic N) is 2. The lowest BCUT2D eigenvalue weighted by Gasteiger charge is -2.25. The summed E-state index contributed by atoms with van der Waals surface area (Å²) in [5, 5.41) is 21.1. The maximum absolute atomic E-state index is 13.2. The number of benzene rings is 3. The fourth-order valence-electron chi connectivity index (χ4n) is 4.61. The minimum absolute atomic E-state index is 0.00488. The topological polar surface area (TPSA) is 105 Å². The van der Waals surface area contributed by atoms with Gasteiger partial charge in [0, 0.05) is 23.7 Å². The van der Waals surface area contributed by atoms with Crippen LogP contribution in [0.4, 0.5) is 10.5 Å². The number of hydrogen-bond acceptors (Lipinski definition) is 5. The summed E-state index contributed by atoms with van der Waals surface area (Å²) in [4.78, 5) is 26.1. The van der Waals surface area contributed by atoms with Gasteiger partial charge in [-0.3, -0.25) is 4.79 Å². The largest absolute Gasteiger partial charge is 0.507 e. The van der Waals surface area contributed by atoms with Crippen molar-refractivity contribution in [3.05, 3.63) is 95.2 Å². The van der Waals surface area contributed by atoms with E-state index in [9.17, 15) is 14.7 Å². The molecule has 8 nitrogen and oxygen atoms in total. The van der Waals surface area contributed by atoms with E-state index in [1.807, 2.05) is 37.3 Å². The molecular formula is C30H30N4O4. The molecule has 38 heavy (non-hydrogen) atoms. The molecule has 1 heterocycles. The Hall–Kier alpha value is -4.59. The molecular weight excluding hydrogens is 480 g/mol. The summed E-state index contributed by atoms with van der Waals surface area (Å²) in [5.41, 5.74) is 4.71. The summed E-state index contributed by atoms with van der Waals surface area (Å²) in [6.07, 6.45) is 3.07. The SMILES string of the molecule is COc1ccccc1C(=O)Nc1ccc(O)c(-c2cc(C3CCC3)n(C(=O)NCc3cccc(C)c3)n2)c1. The number of carbonyl (C=O) groups is 2. The van der Waals surface area contributed by atoms with Crippen LogP contribution in [0.15, 0.2) is 72.8 Å². The average molecular weight is 511 g/mol. The van der Waals surface area contributed by atoms with Crippen molar-refractivity contribution < 1.29 is 19.4 Å². The first-order valence-electron chi connectivity index (χ1n) is 12.6. The molecule has 0 spiro atoms. The molecule has 0 aliphatic heterocycles. The fraction of sp³-hybridized carbons (Fsp3) is 0.233. The van der Waals surface area contributed by atoms with Crippen molar-refractivity contribution in [3.63, 3.8) is 0 Å². The summed E-state index contributed by atoms with van der Waals surface area (Å²) in [7, 11) is 1.51. The highest BCUT2D eigenvalue weighted by Crippen LogP contribution is 2.39. The zero-order chi connectivity index (χ0) is 26.6. The van der Waals surface area contributed by atoms with E-state index in [4.69, 9.17) is 4.74 Å². The molecule has 1 aliphatic rings. The zero-order valence-electron chi connectivity index (χ0n) is 21.4. The van der Waals surface area contributed by atoms with E-state index < -0.39 is 0 Å². The van der Waals surface area contributed by atoms with Crippen LogP contribution < -0.4 is 15.4 Å². The van der Waals surface area contributed by atoms with Crippen LogP contribution in [0.2, 0.25) is 0 Å². The average Bonchev–Trinajstić information content (AvgIpc) is 3.31. The van der Waals surface area contributed by atoms with E-state index in [-0.39, 0.29) is 23.6 Å². The van der Waals surface area contributed by atoms with Crippen LogP contribution in [0.25, 0.3) is 11.3 Å². The highest BCUT2D eigenvalue weighted by molar-refractivity contribution is 6.06. The number of anilines is 1. The standard InChI is InChI=1S/C30H30N4O4/c1-19-7-5-8-20(15-19)18-31-30(37)34-26(21-9-6-10-21)17-25(33-34)24-16-22(13-14-27(24)35)32-29(36)23-11-3-4-12-28(23)38-2/h3-5,7-8,11-17,21,35H,6,9-10,18H2,1-2H3,(H,31,37)(H,32,36). The zero-order valence-corrected chi connectivity index (χ0v) is 21.4. The first-order chi connectivity index (χ1) is 18.4. The van der Waals surface area contributed by atoms with Crippen LogP contribution in [0, 0.1) is 6.92 Å². The third-order valence-corrected chi connectivity index (χ3v) is 6.86. The lowest BCUT2D eigenvalue weighted by Crippen LogP contribution is -2.31. The number of aromatic hydroxyl groups is 1. The van der Waals surface area contributed by atoms with Crippen LogP contribution >= 0.6 is 0 Å². The van der Waals surface area contributed by atoms with Gasteiger partial charge in [-0.15, -0.1) is 0 Å². The van der Waals surface area contributed by atoms with Gasteiger partial charge in [0.15, 0.2) is 0 Å². The predicted molar refractivity (Wildman–Crippen MR) is 146 cm³/mol. The number of amides is 2. The minimum Gasteiger partial charge on any atom is -0.507 e. The Morgan fingerprint density at radius 1 is 1.05 bits per heavy atom. The molecule has 4 aromatic rings. The van der Waals surface area contributed by atoms with Gasteiger partial charge in [0.05, 0.1) is 24.1 Å². The number of aromatic nitrogens is 2. The van der Waals surface area contributed by atoms with Gasteiger partial charge in [0.25, 0.3) is 5.91 Å². The Labute approximate surface area is 221 Å². The number of carbonyl (C=O) groups excluding carboxylic acids is 2. The molecule has 3 aromatic carbocycles. The summed E-state index contributed by atoms with van der Waals surface area (Å²) < 4.78 is 6.71. The Kier molecular flexibility index (Phi) is 7.13. The molecule has 0 radical (unpaired) electrons. The van der Waals surface area contributed by atoms with Crippen LogP contribution in [-0.2, 0) is 6.54 Å². The molecule has 8 heteroatoms. The molecule has 2 amide bonds. The van der Waals surface area contributed by atoms with E-state index in [1.165, 1.54) is 17.9 Å². The van der Waals surface area contributed by atoms with Crippen LogP contribution in [0.3, 0.4) is 0 Å². The van der Waals surface area contributed by atoms with Gasteiger partial charge in [-0.05, 0) is 61.7 Å². The molecule has 1 aromatic heterocycles. The van der Waals surface area contributed by atoms with Crippen LogP contribution in [0.5, 0.6) is 11.5 Å². The molecule has 0 saturated heterocycles. The molecule has 0 atom stereocenters. The number of aryl methyl sites for hydroxylation is 1. The number of phenolic OH excluding ortho intramolecular Hbond substituents is 1. The molecule has 194 valence electrons. The summed E-state index contributed by atoms with van der Waals surface area (Å²) in [6, 6.07) is 21.2. The summed E-state index contributed by atoms with van der Waals surface area (Å²) in [6.45, 7) is 2.40. The number of methoxy groups -OCH3 is 1. The number of para-hydroxylation sites is 1.